The second-order valence-electron chi connectivity index (χ2n) is 2.97. The van der Waals surface area contributed by atoms with Crippen LogP contribution in [0.5, 0.6) is 5.75 Å². The predicted molar refractivity (Wildman–Crippen MR) is 47.7 cm³/mol. The van der Waals surface area contributed by atoms with E-state index < -0.39 is 23.2 Å². The zero-order valence-electron chi connectivity index (χ0n) is 7.92. The summed E-state index contributed by atoms with van der Waals surface area (Å²) in [5, 5.41) is 9.34. The van der Waals surface area contributed by atoms with Crippen LogP contribution in [0.15, 0.2) is 11.0 Å². The Kier molecular flexibility index (Phi) is 2.88. The van der Waals surface area contributed by atoms with Crippen LogP contribution < -0.4 is 5.43 Å². The van der Waals surface area contributed by atoms with Crippen molar-refractivity contribution in [1.29, 1.82) is 0 Å². The van der Waals surface area contributed by atoms with Crippen molar-refractivity contribution in [3.63, 3.8) is 0 Å². The highest BCUT2D eigenvalue weighted by molar-refractivity contribution is 5.32. The van der Waals surface area contributed by atoms with E-state index in [9.17, 15) is 18.7 Å². The Balaban J connectivity index is 3.48. The summed E-state index contributed by atoms with van der Waals surface area (Å²) >= 11 is 0. The normalized spacial score (nSPS) is 10.9. The van der Waals surface area contributed by atoms with Crippen molar-refractivity contribution in [1.82, 2.24) is 4.57 Å². The lowest BCUT2D eigenvalue weighted by molar-refractivity contribution is 0.148. The highest BCUT2D eigenvalue weighted by atomic mass is 19.3. The Morgan fingerprint density at radius 2 is 2.14 bits per heavy atom. The molecule has 14 heavy (non-hydrogen) atoms. The van der Waals surface area contributed by atoms with Gasteiger partial charge in [0.2, 0.25) is 5.43 Å². The molecule has 0 aromatic carbocycles. The standard InChI is InChI=1S/C9H11F2NO2/c1-3-6-8(14)7(13)5(9(10)11)4-12(6)2/h4,9,14H,3H2,1-2H3. The van der Waals surface area contributed by atoms with Crippen molar-refractivity contribution in [3.8, 4) is 5.75 Å². The third-order valence-electron chi connectivity index (χ3n) is 2.08. The topological polar surface area (TPSA) is 42.2 Å². The first-order valence-corrected chi connectivity index (χ1v) is 4.18. The molecule has 1 aromatic heterocycles. The molecule has 0 bridgehead atoms. The molecule has 0 aliphatic rings. The van der Waals surface area contributed by atoms with Gasteiger partial charge in [0, 0.05) is 13.2 Å². The van der Waals surface area contributed by atoms with Crippen LogP contribution in [0.2, 0.25) is 0 Å². The first kappa shape index (κ1) is 10.7. The van der Waals surface area contributed by atoms with Crippen molar-refractivity contribution in [2.45, 2.75) is 19.8 Å². The minimum absolute atomic E-state index is 0.361. The fraction of sp³-hybridized carbons (Fsp3) is 0.444. The summed E-state index contributed by atoms with van der Waals surface area (Å²) in [7, 11) is 1.52. The first-order chi connectivity index (χ1) is 6.49. The van der Waals surface area contributed by atoms with Crippen LogP contribution in [0.25, 0.3) is 0 Å². The van der Waals surface area contributed by atoms with Crippen molar-refractivity contribution in [2.24, 2.45) is 7.05 Å². The lowest BCUT2D eigenvalue weighted by atomic mass is 10.2. The molecule has 0 aliphatic carbocycles. The molecule has 1 heterocycles. The van der Waals surface area contributed by atoms with E-state index in [0.29, 0.717) is 12.1 Å². The van der Waals surface area contributed by atoms with Crippen molar-refractivity contribution in [2.75, 3.05) is 0 Å². The van der Waals surface area contributed by atoms with Crippen LogP contribution in [-0.2, 0) is 13.5 Å². The molecule has 0 saturated carbocycles. The van der Waals surface area contributed by atoms with Gasteiger partial charge in [0.05, 0.1) is 11.3 Å². The number of hydrogen-bond acceptors (Lipinski definition) is 2. The molecule has 0 amide bonds. The maximum atomic E-state index is 12.3. The smallest absolute Gasteiger partial charge is 0.269 e. The van der Waals surface area contributed by atoms with E-state index in [-0.39, 0.29) is 0 Å². The number of aryl methyl sites for hydroxylation is 1. The molecule has 78 valence electrons. The van der Waals surface area contributed by atoms with Crippen LogP contribution in [0.4, 0.5) is 8.78 Å². The zero-order chi connectivity index (χ0) is 10.9. The molecule has 1 rings (SSSR count). The van der Waals surface area contributed by atoms with Crippen LogP contribution >= 0.6 is 0 Å². The van der Waals surface area contributed by atoms with Crippen molar-refractivity contribution < 1.29 is 13.9 Å². The van der Waals surface area contributed by atoms with Crippen LogP contribution in [0.3, 0.4) is 0 Å². The lowest BCUT2D eigenvalue weighted by Gasteiger charge is -2.10. The van der Waals surface area contributed by atoms with Gasteiger partial charge in [-0.05, 0) is 6.42 Å². The van der Waals surface area contributed by atoms with Gasteiger partial charge in [0.15, 0.2) is 5.75 Å². The molecule has 3 nitrogen and oxygen atoms in total. The van der Waals surface area contributed by atoms with Gasteiger partial charge in [-0.1, -0.05) is 6.92 Å². The fourth-order valence-corrected chi connectivity index (χ4v) is 1.35. The van der Waals surface area contributed by atoms with Crippen LogP contribution in [-0.4, -0.2) is 9.67 Å². The maximum Gasteiger partial charge on any atom is 0.269 e. The highest BCUT2D eigenvalue weighted by Crippen LogP contribution is 2.19. The van der Waals surface area contributed by atoms with Crippen molar-refractivity contribution in [3.05, 3.63) is 27.7 Å². The number of rotatable bonds is 2. The van der Waals surface area contributed by atoms with E-state index in [1.165, 1.54) is 11.6 Å². The molecule has 0 atom stereocenters. The quantitative estimate of drug-likeness (QED) is 0.793. The Labute approximate surface area is 79.6 Å². The summed E-state index contributed by atoms with van der Waals surface area (Å²) in [6.45, 7) is 1.73. The highest BCUT2D eigenvalue weighted by Gasteiger charge is 2.18. The molecular weight excluding hydrogens is 192 g/mol. The SMILES string of the molecule is CCc1c(O)c(=O)c(C(F)F)cn1C. The predicted octanol–water partition coefficient (Wildman–Crippen LogP) is 1.59. The summed E-state index contributed by atoms with van der Waals surface area (Å²) < 4.78 is 25.9. The van der Waals surface area contributed by atoms with E-state index in [4.69, 9.17) is 0 Å². The van der Waals surface area contributed by atoms with Gasteiger partial charge in [0.1, 0.15) is 0 Å². The maximum absolute atomic E-state index is 12.3. The molecule has 0 saturated heterocycles. The number of pyridine rings is 1. The number of aromatic nitrogens is 1. The van der Waals surface area contributed by atoms with Crippen molar-refractivity contribution >= 4 is 0 Å². The molecule has 0 fully saturated rings. The first-order valence-electron chi connectivity index (χ1n) is 4.18. The van der Waals surface area contributed by atoms with Gasteiger partial charge < -0.3 is 9.67 Å². The fourth-order valence-electron chi connectivity index (χ4n) is 1.35. The third-order valence-corrected chi connectivity index (χ3v) is 2.08. The molecule has 1 N–H and O–H groups in total. The minimum Gasteiger partial charge on any atom is -0.503 e. The Hall–Kier alpha value is -1.39. The number of nitrogens with zero attached hydrogens (tertiary/aromatic N) is 1. The molecular formula is C9H11F2NO2. The zero-order valence-corrected chi connectivity index (χ0v) is 7.92. The third kappa shape index (κ3) is 1.62. The molecule has 0 spiro atoms. The van der Waals surface area contributed by atoms with Gasteiger partial charge in [-0.25, -0.2) is 8.78 Å². The molecule has 1 aromatic rings. The minimum atomic E-state index is -2.86. The van der Waals surface area contributed by atoms with Gasteiger partial charge in [-0.15, -0.1) is 0 Å². The molecule has 5 heteroatoms. The molecule has 0 radical (unpaired) electrons. The largest absolute Gasteiger partial charge is 0.503 e. The van der Waals surface area contributed by atoms with Crippen LogP contribution in [0, 0.1) is 0 Å². The van der Waals surface area contributed by atoms with Gasteiger partial charge in [-0.3, -0.25) is 4.79 Å². The van der Waals surface area contributed by atoms with E-state index in [1.807, 2.05) is 0 Å². The molecule has 0 aliphatic heterocycles. The monoisotopic (exact) mass is 203 g/mol. The van der Waals surface area contributed by atoms with Crippen LogP contribution in [0.1, 0.15) is 24.6 Å². The second kappa shape index (κ2) is 3.77. The lowest BCUT2D eigenvalue weighted by Crippen LogP contribution is -2.16. The van der Waals surface area contributed by atoms with Gasteiger partial charge in [0.25, 0.3) is 6.43 Å². The van der Waals surface area contributed by atoms with E-state index >= 15 is 0 Å². The number of alkyl halides is 2. The Morgan fingerprint density at radius 1 is 1.57 bits per heavy atom. The Morgan fingerprint density at radius 3 is 2.57 bits per heavy atom. The second-order valence-corrected chi connectivity index (χ2v) is 2.97. The van der Waals surface area contributed by atoms with E-state index in [1.54, 1.807) is 6.92 Å². The summed E-state index contributed by atoms with van der Waals surface area (Å²) in [5.74, 6) is -0.576. The average molecular weight is 203 g/mol. The molecule has 0 unspecified atom stereocenters. The van der Waals surface area contributed by atoms with E-state index in [2.05, 4.69) is 0 Å². The summed E-state index contributed by atoms with van der Waals surface area (Å²) in [6, 6.07) is 0. The summed E-state index contributed by atoms with van der Waals surface area (Å²) in [6.07, 6.45) is -1.38. The summed E-state index contributed by atoms with van der Waals surface area (Å²) in [4.78, 5) is 11.2. The van der Waals surface area contributed by atoms with E-state index in [0.717, 1.165) is 6.20 Å². The van der Waals surface area contributed by atoms with Gasteiger partial charge in [-0.2, -0.15) is 0 Å². The Bertz CT molecular complexity index is 399. The number of aromatic hydroxyl groups is 1. The average Bonchev–Trinajstić information content (AvgIpc) is 2.12. The number of hydrogen-bond donors (Lipinski definition) is 1. The van der Waals surface area contributed by atoms with Gasteiger partial charge >= 0.3 is 0 Å². The summed E-state index contributed by atoms with van der Waals surface area (Å²) in [5.41, 5.74) is -1.28. The number of halogens is 2.